The lowest BCUT2D eigenvalue weighted by Gasteiger charge is -2.36. The minimum Gasteiger partial charge on any atom is -0.480 e. The van der Waals surface area contributed by atoms with Crippen LogP contribution in [0, 0.1) is 11.8 Å². The van der Waals surface area contributed by atoms with Gasteiger partial charge in [-0.2, -0.15) is 0 Å². The van der Waals surface area contributed by atoms with Crippen molar-refractivity contribution in [3.05, 3.63) is 0 Å². The number of nitrogens with zero attached hydrogens (tertiary/aromatic N) is 2. The van der Waals surface area contributed by atoms with Gasteiger partial charge in [0.15, 0.2) is 0 Å². The summed E-state index contributed by atoms with van der Waals surface area (Å²) in [5, 5.41) is 8.85. The van der Waals surface area contributed by atoms with E-state index in [-0.39, 0.29) is 31.4 Å². The van der Waals surface area contributed by atoms with Crippen molar-refractivity contribution in [3.8, 4) is 0 Å². The molecule has 1 N–H and O–H groups in total. The summed E-state index contributed by atoms with van der Waals surface area (Å²) in [6, 6.07) is 0. The van der Waals surface area contributed by atoms with Gasteiger partial charge in [0, 0.05) is 13.1 Å². The molecule has 118 valence electrons. The van der Waals surface area contributed by atoms with Gasteiger partial charge in [-0.25, -0.2) is 0 Å². The highest BCUT2D eigenvalue weighted by molar-refractivity contribution is 5.85. The number of aliphatic carboxylic acids is 1. The van der Waals surface area contributed by atoms with Crippen LogP contribution in [-0.4, -0.2) is 59.5 Å². The van der Waals surface area contributed by atoms with Crippen LogP contribution < -0.4 is 0 Å². The zero-order valence-corrected chi connectivity index (χ0v) is 13.5. The highest BCUT2D eigenvalue weighted by atomic mass is 35.5. The Morgan fingerprint density at radius 2 is 1.75 bits per heavy atom. The number of halogens is 1. The predicted octanol–water partition coefficient (Wildman–Crippen LogP) is 1.71. The molecule has 1 aliphatic rings. The van der Waals surface area contributed by atoms with Gasteiger partial charge in [0.2, 0.25) is 5.91 Å². The lowest BCUT2D eigenvalue weighted by atomic mass is 9.92. The van der Waals surface area contributed by atoms with Gasteiger partial charge >= 0.3 is 5.97 Å². The Morgan fingerprint density at radius 1 is 1.20 bits per heavy atom. The maximum atomic E-state index is 12.2. The fourth-order valence-electron chi connectivity index (χ4n) is 2.88. The molecule has 2 atom stereocenters. The van der Waals surface area contributed by atoms with E-state index in [1.165, 1.54) is 0 Å². The summed E-state index contributed by atoms with van der Waals surface area (Å²) in [6.07, 6.45) is 2.02. The van der Waals surface area contributed by atoms with Crippen LogP contribution in [0.15, 0.2) is 0 Å². The van der Waals surface area contributed by atoms with E-state index in [1.807, 2.05) is 11.8 Å². The normalized spacial score (nSPS) is 22.5. The largest absolute Gasteiger partial charge is 0.480 e. The van der Waals surface area contributed by atoms with E-state index in [0.29, 0.717) is 18.4 Å². The Morgan fingerprint density at radius 3 is 2.20 bits per heavy atom. The Balaban J connectivity index is 0.00000361. The fourth-order valence-corrected chi connectivity index (χ4v) is 2.88. The van der Waals surface area contributed by atoms with Crippen LogP contribution in [0.4, 0.5) is 0 Å². The maximum Gasteiger partial charge on any atom is 0.317 e. The smallest absolute Gasteiger partial charge is 0.317 e. The molecule has 5 nitrogen and oxygen atoms in total. The zero-order valence-electron chi connectivity index (χ0n) is 12.7. The third-order valence-corrected chi connectivity index (χ3v) is 3.48. The molecule has 1 saturated heterocycles. The molecular formula is C14H27ClN2O3. The number of amides is 1. The summed E-state index contributed by atoms with van der Waals surface area (Å²) in [6.45, 7) is 8.74. The van der Waals surface area contributed by atoms with Crippen LogP contribution >= 0.6 is 12.4 Å². The van der Waals surface area contributed by atoms with Crippen LogP contribution in [0.3, 0.4) is 0 Å². The van der Waals surface area contributed by atoms with Crippen molar-refractivity contribution in [1.82, 2.24) is 9.80 Å². The number of carboxylic acids is 1. The first-order valence-electron chi connectivity index (χ1n) is 7.14. The molecule has 20 heavy (non-hydrogen) atoms. The molecule has 0 bridgehead atoms. The van der Waals surface area contributed by atoms with Crippen LogP contribution in [-0.2, 0) is 9.59 Å². The summed E-state index contributed by atoms with van der Waals surface area (Å²) in [7, 11) is 0. The Hall–Kier alpha value is -0.810. The van der Waals surface area contributed by atoms with E-state index >= 15 is 0 Å². The third kappa shape index (κ3) is 6.57. The van der Waals surface area contributed by atoms with Gasteiger partial charge in [-0.1, -0.05) is 20.8 Å². The monoisotopic (exact) mass is 306 g/mol. The minimum atomic E-state index is -0.873. The Bertz CT molecular complexity index is 316. The van der Waals surface area contributed by atoms with Crippen molar-refractivity contribution in [3.63, 3.8) is 0 Å². The van der Waals surface area contributed by atoms with E-state index in [1.54, 1.807) is 4.90 Å². The van der Waals surface area contributed by atoms with E-state index in [4.69, 9.17) is 5.11 Å². The number of carbonyl (C=O) groups excluding carboxylic acids is 1. The first-order valence-corrected chi connectivity index (χ1v) is 7.14. The van der Waals surface area contributed by atoms with E-state index in [9.17, 15) is 9.59 Å². The molecule has 0 aromatic carbocycles. The van der Waals surface area contributed by atoms with Crippen molar-refractivity contribution in [1.29, 1.82) is 0 Å². The molecule has 1 rings (SSSR count). The molecule has 1 amide bonds. The van der Waals surface area contributed by atoms with Gasteiger partial charge in [-0.3, -0.25) is 14.5 Å². The number of carbonyl (C=O) groups is 2. The van der Waals surface area contributed by atoms with E-state index < -0.39 is 5.97 Å². The fraction of sp³-hybridized carbons (Fsp3) is 0.857. The second kappa shape index (κ2) is 9.19. The van der Waals surface area contributed by atoms with Crippen LogP contribution in [0.1, 0.15) is 33.6 Å². The second-order valence-corrected chi connectivity index (χ2v) is 5.85. The van der Waals surface area contributed by atoms with Crippen molar-refractivity contribution < 1.29 is 14.7 Å². The molecule has 0 spiro atoms. The molecule has 1 heterocycles. The molecule has 0 radical (unpaired) electrons. The van der Waals surface area contributed by atoms with Crippen molar-refractivity contribution in [2.24, 2.45) is 11.8 Å². The summed E-state index contributed by atoms with van der Waals surface area (Å²) in [4.78, 5) is 26.6. The summed E-state index contributed by atoms with van der Waals surface area (Å²) in [5.41, 5.74) is 0. The van der Waals surface area contributed by atoms with Crippen LogP contribution in [0.5, 0.6) is 0 Å². The van der Waals surface area contributed by atoms with Gasteiger partial charge in [-0.15, -0.1) is 12.4 Å². The Labute approximate surface area is 127 Å². The number of hydrogen-bond donors (Lipinski definition) is 1. The predicted molar refractivity (Wildman–Crippen MR) is 81.1 cm³/mol. The molecule has 1 fully saturated rings. The summed E-state index contributed by atoms with van der Waals surface area (Å²) in [5.74, 6) is 0.258. The topological polar surface area (TPSA) is 60.9 Å². The van der Waals surface area contributed by atoms with Gasteiger partial charge in [0.05, 0.1) is 13.1 Å². The second-order valence-electron chi connectivity index (χ2n) is 5.85. The van der Waals surface area contributed by atoms with Crippen LogP contribution in [0.25, 0.3) is 0 Å². The third-order valence-electron chi connectivity index (χ3n) is 3.48. The molecule has 2 unspecified atom stereocenters. The van der Waals surface area contributed by atoms with Gasteiger partial charge in [0.25, 0.3) is 0 Å². The standard InChI is InChI=1S/C14H26N2O3.ClH/c1-4-5-15(10-14(18)19)9-13(17)16-7-11(2)6-12(3)8-16;/h11-12H,4-10H2,1-3H3,(H,18,19);1H. The summed E-state index contributed by atoms with van der Waals surface area (Å²) < 4.78 is 0. The van der Waals surface area contributed by atoms with E-state index in [0.717, 1.165) is 25.9 Å². The molecule has 0 aromatic rings. The minimum absolute atomic E-state index is 0. The molecule has 0 aromatic heterocycles. The number of rotatable bonds is 6. The lowest BCUT2D eigenvalue weighted by molar-refractivity contribution is -0.140. The lowest BCUT2D eigenvalue weighted by Crippen LogP contribution is -2.47. The first kappa shape index (κ1) is 19.2. The van der Waals surface area contributed by atoms with Gasteiger partial charge in [0.1, 0.15) is 0 Å². The first-order chi connectivity index (χ1) is 8.92. The number of piperidine rings is 1. The quantitative estimate of drug-likeness (QED) is 0.811. The van der Waals surface area contributed by atoms with Crippen molar-refractivity contribution >= 4 is 24.3 Å². The SMILES string of the molecule is CCCN(CC(=O)O)CC(=O)N1CC(C)CC(C)C1.Cl. The van der Waals surface area contributed by atoms with Gasteiger partial charge < -0.3 is 10.0 Å². The molecule has 0 saturated carbocycles. The van der Waals surface area contributed by atoms with Crippen molar-refractivity contribution in [2.45, 2.75) is 33.6 Å². The number of likely N-dealkylation sites (tertiary alicyclic amines) is 1. The van der Waals surface area contributed by atoms with Crippen molar-refractivity contribution in [2.75, 3.05) is 32.7 Å². The maximum absolute atomic E-state index is 12.2. The number of hydrogen-bond acceptors (Lipinski definition) is 3. The molecule has 1 aliphatic heterocycles. The highest BCUT2D eigenvalue weighted by Crippen LogP contribution is 2.21. The zero-order chi connectivity index (χ0) is 14.4. The molecule has 0 aliphatic carbocycles. The van der Waals surface area contributed by atoms with E-state index in [2.05, 4.69) is 13.8 Å². The molecule has 6 heteroatoms. The average molecular weight is 307 g/mol. The number of carboxylic acid groups (broad SMARTS) is 1. The summed E-state index contributed by atoms with van der Waals surface area (Å²) >= 11 is 0. The Kier molecular flexibility index (Phi) is 8.81. The average Bonchev–Trinajstić information content (AvgIpc) is 2.26. The highest BCUT2D eigenvalue weighted by Gasteiger charge is 2.26. The van der Waals surface area contributed by atoms with Crippen LogP contribution in [0.2, 0.25) is 0 Å². The molecular weight excluding hydrogens is 280 g/mol. The van der Waals surface area contributed by atoms with Gasteiger partial charge in [-0.05, 0) is 31.2 Å².